The van der Waals surface area contributed by atoms with Gasteiger partial charge in [-0.05, 0) is 49.2 Å². The van der Waals surface area contributed by atoms with E-state index in [9.17, 15) is 14.7 Å². The van der Waals surface area contributed by atoms with Crippen molar-refractivity contribution in [1.29, 1.82) is 0 Å². The fourth-order valence-corrected chi connectivity index (χ4v) is 4.22. The molecule has 1 aliphatic heterocycles. The molecule has 1 saturated heterocycles. The molecule has 2 N–H and O–H groups in total. The maximum atomic E-state index is 12.1. The number of pyridine rings is 1. The van der Waals surface area contributed by atoms with Gasteiger partial charge in [-0.25, -0.2) is 9.78 Å². The number of nitrogens with one attached hydrogen (secondary N) is 1. The fraction of sp³-hybridized carbons (Fsp3) is 0.320. The average molecular weight is 447 g/mol. The van der Waals surface area contributed by atoms with Gasteiger partial charge in [0.25, 0.3) is 0 Å². The molecule has 0 bridgehead atoms. The van der Waals surface area contributed by atoms with Crippen LogP contribution in [0.3, 0.4) is 0 Å². The molecule has 2 fully saturated rings. The van der Waals surface area contributed by atoms with E-state index >= 15 is 0 Å². The van der Waals surface area contributed by atoms with E-state index in [-0.39, 0.29) is 17.4 Å². The Morgan fingerprint density at radius 1 is 1.03 bits per heavy atom. The van der Waals surface area contributed by atoms with E-state index in [1.165, 1.54) is 0 Å². The molecule has 170 valence electrons. The van der Waals surface area contributed by atoms with Crippen LogP contribution in [0.15, 0.2) is 48.5 Å². The first-order chi connectivity index (χ1) is 16.0. The molecule has 0 unspecified atom stereocenters. The van der Waals surface area contributed by atoms with Crippen LogP contribution in [0.2, 0.25) is 0 Å². The van der Waals surface area contributed by atoms with Crippen molar-refractivity contribution in [2.45, 2.75) is 12.8 Å². The largest absolute Gasteiger partial charge is 0.497 e. The number of aromatic nitrogens is 1. The Bertz CT molecular complexity index is 1220. The molecule has 33 heavy (non-hydrogen) atoms. The van der Waals surface area contributed by atoms with Gasteiger partial charge in [0.1, 0.15) is 11.6 Å². The van der Waals surface area contributed by atoms with Crippen molar-refractivity contribution >= 4 is 40.0 Å². The van der Waals surface area contributed by atoms with Crippen LogP contribution >= 0.6 is 0 Å². The quantitative estimate of drug-likeness (QED) is 0.597. The minimum absolute atomic E-state index is 0.00953. The van der Waals surface area contributed by atoms with Crippen LogP contribution in [0.1, 0.15) is 23.2 Å². The third kappa shape index (κ3) is 4.41. The van der Waals surface area contributed by atoms with E-state index < -0.39 is 5.97 Å². The molecule has 1 saturated carbocycles. The van der Waals surface area contributed by atoms with Gasteiger partial charge in [-0.2, -0.15) is 0 Å². The minimum Gasteiger partial charge on any atom is -0.497 e. The number of carbonyl (C=O) groups excluding carboxylic acids is 1. The van der Waals surface area contributed by atoms with Crippen LogP contribution in [-0.4, -0.2) is 55.3 Å². The fourth-order valence-electron chi connectivity index (χ4n) is 4.22. The average Bonchev–Trinajstić information content (AvgIpc) is 3.69. The lowest BCUT2D eigenvalue weighted by Crippen LogP contribution is -2.46. The number of amides is 1. The summed E-state index contributed by atoms with van der Waals surface area (Å²) in [5.74, 6) is 0.537. The molecule has 8 heteroatoms. The van der Waals surface area contributed by atoms with Gasteiger partial charge in [0.05, 0.1) is 18.2 Å². The van der Waals surface area contributed by atoms with Crippen molar-refractivity contribution in [2.75, 3.05) is 48.4 Å². The van der Waals surface area contributed by atoms with Gasteiger partial charge in [0.15, 0.2) is 0 Å². The predicted molar refractivity (Wildman–Crippen MR) is 127 cm³/mol. The van der Waals surface area contributed by atoms with Gasteiger partial charge in [-0.3, -0.25) is 4.79 Å². The topological polar surface area (TPSA) is 95.0 Å². The number of benzene rings is 2. The Labute approximate surface area is 191 Å². The number of carboxylic acids is 1. The Morgan fingerprint density at radius 2 is 1.79 bits per heavy atom. The summed E-state index contributed by atoms with van der Waals surface area (Å²) in [6.07, 6.45) is 1.82. The number of methoxy groups -OCH3 is 1. The molecule has 1 aliphatic carbocycles. The molecule has 2 heterocycles. The maximum Gasteiger partial charge on any atom is 0.336 e. The summed E-state index contributed by atoms with van der Waals surface area (Å²) in [5, 5.41) is 13.3. The summed E-state index contributed by atoms with van der Waals surface area (Å²) < 4.78 is 5.33. The van der Waals surface area contributed by atoms with Crippen molar-refractivity contribution in [3.63, 3.8) is 0 Å². The second-order valence-corrected chi connectivity index (χ2v) is 8.50. The van der Waals surface area contributed by atoms with E-state index in [1.807, 2.05) is 18.2 Å². The summed E-state index contributed by atoms with van der Waals surface area (Å²) in [6.45, 7) is 3.04. The minimum atomic E-state index is -1.01. The number of carboxylic acid groups (broad SMARTS) is 1. The number of fused-ring (bicyclic) bond motifs is 1. The number of rotatable bonds is 6. The Kier molecular flexibility index (Phi) is 5.50. The van der Waals surface area contributed by atoms with E-state index in [2.05, 4.69) is 21.2 Å². The van der Waals surface area contributed by atoms with Crippen molar-refractivity contribution in [2.24, 2.45) is 5.92 Å². The van der Waals surface area contributed by atoms with Crippen LogP contribution < -0.4 is 19.9 Å². The molecular formula is C25H26N4O4. The van der Waals surface area contributed by atoms with Crippen LogP contribution in [0, 0.1) is 5.92 Å². The van der Waals surface area contributed by atoms with Gasteiger partial charge in [0.2, 0.25) is 5.91 Å². The predicted octanol–water partition coefficient (Wildman–Crippen LogP) is 3.62. The summed E-state index contributed by atoms with van der Waals surface area (Å²) in [7, 11) is 1.66. The van der Waals surface area contributed by atoms with Crippen molar-refractivity contribution in [3.8, 4) is 5.75 Å². The van der Waals surface area contributed by atoms with Crippen LogP contribution in [0.25, 0.3) is 10.9 Å². The zero-order valence-electron chi connectivity index (χ0n) is 18.5. The zero-order chi connectivity index (χ0) is 22.9. The molecule has 8 nitrogen and oxygen atoms in total. The summed E-state index contributed by atoms with van der Waals surface area (Å²) >= 11 is 0. The summed E-state index contributed by atoms with van der Waals surface area (Å²) in [5.41, 5.74) is 2.49. The molecule has 0 spiro atoms. The number of hydrogen-bond acceptors (Lipinski definition) is 6. The number of hydrogen-bond donors (Lipinski definition) is 2. The van der Waals surface area contributed by atoms with E-state index in [0.29, 0.717) is 22.4 Å². The van der Waals surface area contributed by atoms with Gasteiger partial charge in [-0.1, -0.05) is 6.07 Å². The van der Waals surface area contributed by atoms with Crippen LogP contribution in [-0.2, 0) is 4.79 Å². The second-order valence-electron chi connectivity index (χ2n) is 8.50. The first-order valence-electron chi connectivity index (χ1n) is 11.1. The molecule has 2 aromatic carbocycles. The second kappa shape index (κ2) is 8.61. The number of anilines is 3. The highest BCUT2D eigenvalue weighted by Gasteiger charge is 2.29. The molecule has 2 aliphatic rings. The van der Waals surface area contributed by atoms with Crippen molar-refractivity contribution in [1.82, 2.24) is 4.98 Å². The standard InChI is InChI=1S/C25H26N4O4/c1-33-19-4-2-3-18(14-19)28-9-11-29(12-10-28)23-15-21(25(31)32)20-13-17(7-8-22(20)27-23)26-24(30)16-5-6-16/h2-4,7-8,13-16H,5-6,9-12H2,1H3,(H,26,30)(H,31,32). The van der Waals surface area contributed by atoms with Crippen molar-refractivity contribution < 1.29 is 19.4 Å². The molecule has 1 aromatic heterocycles. The van der Waals surface area contributed by atoms with Crippen LogP contribution in [0.5, 0.6) is 5.75 Å². The van der Waals surface area contributed by atoms with Crippen LogP contribution in [0.4, 0.5) is 17.2 Å². The molecule has 3 aromatic rings. The lowest BCUT2D eigenvalue weighted by atomic mass is 10.1. The number of piperazine rings is 1. The molecule has 5 rings (SSSR count). The van der Waals surface area contributed by atoms with Gasteiger partial charge >= 0.3 is 5.97 Å². The maximum absolute atomic E-state index is 12.1. The summed E-state index contributed by atoms with van der Waals surface area (Å²) in [4.78, 5) is 33.3. The van der Waals surface area contributed by atoms with Crippen molar-refractivity contribution in [3.05, 3.63) is 54.1 Å². The Morgan fingerprint density at radius 3 is 2.48 bits per heavy atom. The molecular weight excluding hydrogens is 420 g/mol. The third-order valence-electron chi connectivity index (χ3n) is 6.26. The van der Waals surface area contributed by atoms with Gasteiger partial charge < -0.3 is 25.0 Å². The first-order valence-corrected chi connectivity index (χ1v) is 11.1. The van der Waals surface area contributed by atoms with E-state index in [1.54, 1.807) is 31.4 Å². The zero-order valence-corrected chi connectivity index (χ0v) is 18.5. The molecule has 0 atom stereocenters. The molecule has 0 radical (unpaired) electrons. The SMILES string of the molecule is COc1cccc(N2CCN(c3cc(C(=O)O)c4cc(NC(=O)C5CC5)ccc4n3)CC2)c1. The highest BCUT2D eigenvalue weighted by atomic mass is 16.5. The summed E-state index contributed by atoms with van der Waals surface area (Å²) in [6, 6.07) is 14.9. The van der Waals surface area contributed by atoms with Gasteiger partial charge in [0, 0.05) is 54.9 Å². The number of ether oxygens (including phenoxy) is 1. The normalized spacial score (nSPS) is 16.0. The number of nitrogens with zero attached hydrogens (tertiary/aromatic N) is 3. The lowest BCUT2D eigenvalue weighted by molar-refractivity contribution is -0.117. The third-order valence-corrected chi connectivity index (χ3v) is 6.26. The molecule has 1 amide bonds. The Hall–Kier alpha value is -3.81. The smallest absolute Gasteiger partial charge is 0.336 e. The number of aromatic carboxylic acids is 1. The monoisotopic (exact) mass is 446 g/mol. The lowest BCUT2D eigenvalue weighted by Gasteiger charge is -2.37. The first kappa shape index (κ1) is 21.1. The highest BCUT2D eigenvalue weighted by Crippen LogP contribution is 2.32. The Balaban J connectivity index is 1.37. The van der Waals surface area contributed by atoms with E-state index in [4.69, 9.17) is 9.72 Å². The van der Waals surface area contributed by atoms with E-state index in [0.717, 1.165) is 50.5 Å². The van der Waals surface area contributed by atoms with Gasteiger partial charge in [-0.15, -0.1) is 0 Å². The highest BCUT2D eigenvalue weighted by molar-refractivity contribution is 6.05. The number of carbonyl (C=O) groups is 2.